The first-order chi connectivity index (χ1) is 10.1. The van der Waals surface area contributed by atoms with Gasteiger partial charge in [0.25, 0.3) is 0 Å². The van der Waals surface area contributed by atoms with Crippen LogP contribution in [0.3, 0.4) is 0 Å². The Kier molecular flexibility index (Phi) is 6.45. The van der Waals surface area contributed by atoms with E-state index in [1.54, 1.807) is 7.11 Å². The second-order valence-corrected chi connectivity index (χ2v) is 6.57. The van der Waals surface area contributed by atoms with Crippen LogP contribution in [0.5, 0.6) is 0 Å². The molecule has 2 aliphatic heterocycles. The van der Waals surface area contributed by atoms with Gasteiger partial charge in [-0.3, -0.25) is 9.69 Å². The smallest absolute Gasteiger partial charge is 0.225 e. The zero-order valence-corrected chi connectivity index (χ0v) is 13.7. The molecule has 21 heavy (non-hydrogen) atoms. The lowest BCUT2D eigenvalue weighted by Crippen LogP contribution is -2.48. The maximum absolute atomic E-state index is 12.4. The number of methoxy groups -OCH3 is 1. The molecule has 0 aliphatic carbocycles. The SMILES string of the molecule is COCC1CCN(C(=O)C[C@H]2CN(C(C)C)CCO2)CC1. The van der Waals surface area contributed by atoms with Crippen LogP contribution in [0.2, 0.25) is 0 Å². The van der Waals surface area contributed by atoms with Gasteiger partial charge in [-0.25, -0.2) is 0 Å². The molecule has 0 bridgehead atoms. The topological polar surface area (TPSA) is 42.0 Å². The molecule has 0 aromatic heterocycles. The standard InChI is InChI=1S/C16H30N2O3/c1-13(2)18-8-9-21-15(11-18)10-16(19)17-6-4-14(5-7-17)12-20-3/h13-15H,4-12H2,1-3H3/t15-/m0/s1. The van der Waals surface area contributed by atoms with Gasteiger partial charge in [0.05, 0.1) is 19.1 Å². The van der Waals surface area contributed by atoms with Gasteiger partial charge in [-0.05, 0) is 32.6 Å². The van der Waals surface area contributed by atoms with Crippen LogP contribution >= 0.6 is 0 Å². The Hall–Kier alpha value is -0.650. The highest BCUT2D eigenvalue weighted by atomic mass is 16.5. The summed E-state index contributed by atoms with van der Waals surface area (Å²) in [7, 11) is 1.75. The summed E-state index contributed by atoms with van der Waals surface area (Å²) in [6.07, 6.45) is 2.70. The largest absolute Gasteiger partial charge is 0.384 e. The van der Waals surface area contributed by atoms with Crippen LogP contribution in [0.25, 0.3) is 0 Å². The summed E-state index contributed by atoms with van der Waals surface area (Å²) in [5.74, 6) is 0.864. The molecule has 0 N–H and O–H groups in total. The van der Waals surface area contributed by atoms with Crippen LogP contribution in [0.4, 0.5) is 0 Å². The summed E-state index contributed by atoms with van der Waals surface area (Å²) < 4.78 is 11.0. The van der Waals surface area contributed by atoms with Crippen molar-refractivity contribution in [2.75, 3.05) is 46.5 Å². The van der Waals surface area contributed by atoms with E-state index in [2.05, 4.69) is 18.7 Å². The highest BCUT2D eigenvalue weighted by molar-refractivity contribution is 5.76. The van der Waals surface area contributed by atoms with Crippen molar-refractivity contribution in [1.29, 1.82) is 0 Å². The van der Waals surface area contributed by atoms with Gasteiger partial charge in [-0.1, -0.05) is 0 Å². The second-order valence-electron chi connectivity index (χ2n) is 6.57. The number of carbonyl (C=O) groups excluding carboxylic acids is 1. The van der Waals surface area contributed by atoms with Gasteiger partial charge in [0, 0.05) is 45.9 Å². The average molecular weight is 298 g/mol. The third-order valence-corrected chi connectivity index (χ3v) is 4.67. The first-order valence-corrected chi connectivity index (χ1v) is 8.22. The van der Waals surface area contributed by atoms with Crippen molar-refractivity contribution in [3.8, 4) is 0 Å². The number of nitrogens with zero attached hydrogens (tertiary/aromatic N) is 2. The normalized spacial score (nSPS) is 25.5. The van der Waals surface area contributed by atoms with E-state index in [4.69, 9.17) is 9.47 Å². The number of piperidine rings is 1. The summed E-state index contributed by atoms with van der Waals surface area (Å²) in [5, 5.41) is 0. The minimum Gasteiger partial charge on any atom is -0.384 e. The molecule has 5 nitrogen and oxygen atoms in total. The zero-order valence-electron chi connectivity index (χ0n) is 13.7. The molecule has 0 radical (unpaired) electrons. The molecule has 2 saturated heterocycles. The number of ether oxygens (including phenoxy) is 2. The lowest BCUT2D eigenvalue weighted by Gasteiger charge is -2.37. The summed E-state index contributed by atoms with van der Waals surface area (Å²) in [5.41, 5.74) is 0. The Morgan fingerprint density at radius 3 is 2.62 bits per heavy atom. The molecule has 0 aromatic rings. The Labute approximate surface area is 128 Å². The molecule has 2 rings (SSSR count). The number of carbonyl (C=O) groups is 1. The Morgan fingerprint density at radius 1 is 1.29 bits per heavy atom. The minimum atomic E-state index is 0.0605. The quantitative estimate of drug-likeness (QED) is 0.769. The predicted molar refractivity (Wildman–Crippen MR) is 82.2 cm³/mol. The van der Waals surface area contributed by atoms with Crippen molar-refractivity contribution in [2.45, 2.75) is 45.3 Å². The fourth-order valence-corrected chi connectivity index (χ4v) is 3.24. The van der Waals surface area contributed by atoms with Crippen molar-refractivity contribution in [1.82, 2.24) is 9.80 Å². The van der Waals surface area contributed by atoms with Crippen molar-refractivity contribution in [3.63, 3.8) is 0 Å². The highest BCUT2D eigenvalue weighted by Crippen LogP contribution is 2.19. The minimum absolute atomic E-state index is 0.0605. The average Bonchev–Trinajstić information content (AvgIpc) is 2.48. The van der Waals surface area contributed by atoms with Crippen molar-refractivity contribution >= 4 is 5.91 Å². The molecule has 1 amide bonds. The lowest BCUT2D eigenvalue weighted by molar-refractivity contribution is -0.138. The van der Waals surface area contributed by atoms with E-state index < -0.39 is 0 Å². The zero-order chi connectivity index (χ0) is 15.2. The predicted octanol–water partition coefficient (Wildman–Crippen LogP) is 1.37. The van der Waals surface area contributed by atoms with Gasteiger partial charge < -0.3 is 14.4 Å². The molecule has 2 fully saturated rings. The summed E-state index contributed by atoms with van der Waals surface area (Å²) in [6, 6.07) is 0.524. The van der Waals surface area contributed by atoms with Gasteiger partial charge >= 0.3 is 0 Å². The van der Waals surface area contributed by atoms with Gasteiger partial charge in [0.2, 0.25) is 5.91 Å². The van der Waals surface area contributed by atoms with Crippen LogP contribution in [-0.2, 0) is 14.3 Å². The number of amides is 1. The Bertz CT molecular complexity index is 327. The molecule has 0 aromatic carbocycles. The second kappa shape index (κ2) is 8.11. The van der Waals surface area contributed by atoms with E-state index in [1.807, 2.05) is 4.90 Å². The maximum atomic E-state index is 12.4. The molecule has 5 heteroatoms. The summed E-state index contributed by atoms with van der Waals surface area (Å²) in [6.45, 7) is 9.55. The van der Waals surface area contributed by atoms with Gasteiger partial charge in [-0.15, -0.1) is 0 Å². The molecule has 122 valence electrons. The Morgan fingerprint density at radius 2 is 2.00 bits per heavy atom. The van der Waals surface area contributed by atoms with Gasteiger partial charge in [0.1, 0.15) is 0 Å². The number of likely N-dealkylation sites (tertiary alicyclic amines) is 1. The molecule has 1 atom stereocenters. The number of morpholine rings is 1. The van der Waals surface area contributed by atoms with E-state index in [9.17, 15) is 4.79 Å². The third kappa shape index (κ3) is 4.94. The van der Waals surface area contributed by atoms with Crippen molar-refractivity contribution in [3.05, 3.63) is 0 Å². The van der Waals surface area contributed by atoms with Gasteiger partial charge in [0.15, 0.2) is 0 Å². The molecule has 2 aliphatic rings. The van der Waals surface area contributed by atoms with Crippen LogP contribution in [0.1, 0.15) is 33.1 Å². The van der Waals surface area contributed by atoms with E-state index in [0.717, 1.165) is 52.2 Å². The van der Waals surface area contributed by atoms with Crippen LogP contribution in [0.15, 0.2) is 0 Å². The summed E-state index contributed by atoms with van der Waals surface area (Å²) >= 11 is 0. The Balaban J connectivity index is 1.74. The molecular formula is C16H30N2O3. The number of hydrogen-bond donors (Lipinski definition) is 0. The van der Waals surface area contributed by atoms with Crippen LogP contribution < -0.4 is 0 Å². The molecule has 0 unspecified atom stereocenters. The third-order valence-electron chi connectivity index (χ3n) is 4.67. The highest BCUT2D eigenvalue weighted by Gasteiger charge is 2.28. The van der Waals surface area contributed by atoms with E-state index in [0.29, 0.717) is 18.4 Å². The first-order valence-electron chi connectivity index (χ1n) is 8.22. The van der Waals surface area contributed by atoms with Crippen molar-refractivity contribution in [2.24, 2.45) is 5.92 Å². The van der Waals surface area contributed by atoms with E-state index >= 15 is 0 Å². The fourth-order valence-electron chi connectivity index (χ4n) is 3.24. The number of rotatable bonds is 5. The summed E-state index contributed by atoms with van der Waals surface area (Å²) in [4.78, 5) is 16.8. The fraction of sp³-hybridized carbons (Fsp3) is 0.938. The molecule has 2 heterocycles. The van der Waals surface area contributed by atoms with Crippen LogP contribution in [0, 0.1) is 5.92 Å². The molecule has 0 saturated carbocycles. The monoisotopic (exact) mass is 298 g/mol. The number of hydrogen-bond acceptors (Lipinski definition) is 4. The maximum Gasteiger partial charge on any atom is 0.225 e. The molecular weight excluding hydrogens is 268 g/mol. The van der Waals surface area contributed by atoms with E-state index in [1.165, 1.54) is 0 Å². The van der Waals surface area contributed by atoms with Gasteiger partial charge in [-0.2, -0.15) is 0 Å². The van der Waals surface area contributed by atoms with Crippen LogP contribution in [-0.4, -0.2) is 74.4 Å². The lowest BCUT2D eigenvalue weighted by atomic mass is 9.97. The molecule has 0 spiro atoms. The first kappa shape index (κ1) is 16.7. The van der Waals surface area contributed by atoms with Crippen molar-refractivity contribution < 1.29 is 14.3 Å². The van der Waals surface area contributed by atoms with E-state index in [-0.39, 0.29) is 12.0 Å².